The van der Waals surface area contributed by atoms with Gasteiger partial charge in [0.25, 0.3) is 0 Å². The maximum Gasteiger partial charge on any atom is 0.322 e. The minimum atomic E-state index is -0.667. The second-order valence-corrected chi connectivity index (χ2v) is 4.58. The first-order valence-electron chi connectivity index (χ1n) is 4.74. The van der Waals surface area contributed by atoms with Gasteiger partial charge in [-0.25, -0.2) is 0 Å². The minimum absolute atomic E-state index is 0.389. The van der Waals surface area contributed by atoms with Crippen molar-refractivity contribution in [1.29, 1.82) is 0 Å². The van der Waals surface area contributed by atoms with Gasteiger partial charge in [-0.2, -0.15) is 0 Å². The van der Waals surface area contributed by atoms with E-state index >= 15 is 0 Å². The number of halogens is 1. The molecule has 1 rings (SSSR count). The summed E-state index contributed by atoms with van der Waals surface area (Å²) in [5, 5.41) is 0.622. The van der Waals surface area contributed by atoms with E-state index in [-0.39, 0.29) is 0 Å². The second kappa shape index (κ2) is 6.13. The summed E-state index contributed by atoms with van der Waals surface area (Å²) in [6, 6.07) is 5.02. The number of ether oxygens (including phenoxy) is 1. The summed E-state index contributed by atoms with van der Waals surface area (Å²) in [5.74, 6) is -0.425. The quantitative estimate of drug-likeness (QED) is 0.665. The van der Waals surface area contributed by atoms with Crippen molar-refractivity contribution in [2.75, 3.05) is 13.4 Å². The molecule has 1 aromatic carbocycles. The first-order chi connectivity index (χ1) is 7.58. The SMILES string of the molecule is COC(=O)C(N)Cc1cc(SC)ccc1Cl. The Morgan fingerprint density at radius 2 is 2.31 bits per heavy atom. The number of carbonyl (C=O) groups excluding carboxylic acids is 1. The summed E-state index contributed by atoms with van der Waals surface area (Å²) in [4.78, 5) is 12.3. The molecule has 0 saturated heterocycles. The molecule has 1 aromatic rings. The van der Waals surface area contributed by atoms with Crippen molar-refractivity contribution in [1.82, 2.24) is 0 Å². The van der Waals surface area contributed by atoms with Gasteiger partial charge in [0.15, 0.2) is 0 Å². The van der Waals surface area contributed by atoms with Crippen LogP contribution in [0, 0.1) is 0 Å². The summed E-state index contributed by atoms with van der Waals surface area (Å²) in [7, 11) is 1.32. The molecule has 0 saturated carbocycles. The molecule has 0 fully saturated rings. The summed E-state index contributed by atoms with van der Waals surface area (Å²) < 4.78 is 4.57. The third-order valence-electron chi connectivity index (χ3n) is 2.20. The molecule has 3 nitrogen and oxygen atoms in total. The Bertz CT molecular complexity index is 384. The lowest BCUT2D eigenvalue weighted by Gasteiger charge is -2.11. The largest absolute Gasteiger partial charge is 0.468 e. The monoisotopic (exact) mass is 259 g/mol. The summed E-state index contributed by atoms with van der Waals surface area (Å²) in [6.45, 7) is 0. The van der Waals surface area contributed by atoms with Crippen LogP contribution < -0.4 is 5.73 Å². The van der Waals surface area contributed by atoms with Gasteiger partial charge >= 0.3 is 5.97 Å². The number of esters is 1. The average molecular weight is 260 g/mol. The van der Waals surface area contributed by atoms with Crippen LogP contribution in [0.15, 0.2) is 23.1 Å². The van der Waals surface area contributed by atoms with Gasteiger partial charge < -0.3 is 10.5 Å². The first-order valence-corrected chi connectivity index (χ1v) is 6.34. The zero-order valence-corrected chi connectivity index (χ0v) is 10.8. The standard InChI is InChI=1S/C11H14ClNO2S/c1-15-11(14)10(13)6-7-5-8(16-2)3-4-9(7)12/h3-5,10H,6,13H2,1-2H3. The number of rotatable bonds is 4. The van der Waals surface area contributed by atoms with Crippen molar-refractivity contribution < 1.29 is 9.53 Å². The average Bonchev–Trinajstić information content (AvgIpc) is 2.30. The highest BCUT2D eigenvalue weighted by Gasteiger charge is 2.16. The van der Waals surface area contributed by atoms with Gasteiger partial charge in [0.2, 0.25) is 0 Å². The van der Waals surface area contributed by atoms with E-state index in [1.54, 1.807) is 11.8 Å². The predicted octanol–water partition coefficient (Wildman–Crippen LogP) is 2.10. The fourth-order valence-electron chi connectivity index (χ4n) is 1.31. The highest BCUT2D eigenvalue weighted by Crippen LogP contribution is 2.23. The van der Waals surface area contributed by atoms with E-state index in [9.17, 15) is 4.79 Å². The van der Waals surface area contributed by atoms with Gasteiger partial charge in [-0.1, -0.05) is 11.6 Å². The van der Waals surface area contributed by atoms with E-state index in [4.69, 9.17) is 17.3 Å². The van der Waals surface area contributed by atoms with Crippen LogP contribution in [0.5, 0.6) is 0 Å². The van der Waals surface area contributed by atoms with Gasteiger partial charge in [0.1, 0.15) is 6.04 Å². The summed E-state index contributed by atoms with van der Waals surface area (Å²) in [6.07, 6.45) is 2.37. The van der Waals surface area contributed by atoms with Crippen molar-refractivity contribution >= 4 is 29.3 Å². The molecule has 1 unspecified atom stereocenters. The van der Waals surface area contributed by atoms with Crippen molar-refractivity contribution in [3.05, 3.63) is 28.8 Å². The first kappa shape index (κ1) is 13.4. The predicted molar refractivity (Wildman–Crippen MR) is 66.9 cm³/mol. The maximum absolute atomic E-state index is 11.2. The molecule has 0 radical (unpaired) electrons. The zero-order chi connectivity index (χ0) is 12.1. The number of carbonyl (C=O) groups is 1. The highest BCUT2D eigenvalue weighted by molar-refractivity contribution is 7.98. The fraction of sp³-hybridized carbons (Fsp3) is 0.364. The number of hydrogen-bond acceptors (Lipinski definition) is 4. The Kier molecular flexibility index (Phi) is 5.12. The van der Waals surface area contributed by atoms with Crippen LogP contribution in [0.3, 0.4) is 0 Å². The number of nitrogens with two attached hydrogens (primary N) is 1. The van der Waals surface area contributed by atoms with Crippen LogP contribution in [0.25, 0.3) is 0 Å². The molecule has 0 heterocycles. The van der Waals surface area contributed by atoms with Gasteiger partial charge in [-0.05, 0) is 36.4 Å². The van der Waals surface area contributed by atoms with Crippen molar-refractivity contribution in [3.8, 4) is 0 Å². The third-order valence-corrected chi connectivity index (χ3v) is 3.29. The van der Waals surface area contributed by atoms with Crippen molar-refractivity contribution in [2.45, 2.75) is 17.4 Å². The molecule has 0 spiro atoms. The van der Waals surface area contributed by atoms with Gasteiger partial charge in [0, 0.05) is 9.92 Å². The Labute approximate surface area is 104 Å². The van der Waals surface area contributed by atoms with Crippen LogP contribution in [0.1, 0.15) is 5.56 Å². The second-order valence-electron chi connectivity index (χ2n) is 3.29. The Balaban J connectivity index is 2.83. The lowest BCUT2D eigenvalue weighted by molar-refractivity contribution is -0.142. The van der Waals surface area contributed by atoms with Crippen molar-refractivity contribution in [2.24, 2.45) is 5.73 Å². The number of thioether (sulfide) groups is 1. The van der Waals surface area contributed by atoms with Gasteiger partial charge in [-0.15, -0.1) is 11.8 Å². The lowest BCUT2D eigenvalue weighted by atomic mass is 10.1. The Morgan fingerprint density at radius 3 is 2.88 bits per heavy atom. The molecule has 0 bridgehead atoms. The molecule has 0 aliphatic carbocycles. The van der Waals surface area contributed by atoms with E-state index in [1.807, 2.05) is 24.5 Å². The Morgan fingerprint density at radius 1 is 1.62 bits per heavy atom. The smallest absolute Gasteiger partial charge is 0.322 e. The molecule has 0 aromatic heterocycles. The van der Waals surface area contributed by atoms with E-state index in [1.165, 1.54) is 7.11 Å². The lowest BCUT2D eigenvalue weighted by Crippen LogP contribution is -2.33. The summed E-state index contributed by atoms with van der Waals surface area (Å²) >= 11 is 7.65. The van der Waals surface area contributed by atoms with Crippen LogP contribution in [-0.4, -0.2) is 25.4 Å². The molecular weight excluding hydrogens is 246 g/mol. The summed E-state index contributed by atoms with van der Waals surface area (Å²) in [5.41, 5.74) is 6.55. The maximum atomic E-state index is 11.2. The number of hydrogen-bond donors (Lipinski definition) is 1. The van der Waals surface area contributed by atoms with E-state index in [0.29, 0.717) is 11.4 Å². The highest BCUT2D eigenvalue weighted by atomic mass is 35.5. The minimum Gasteiger partial charge on any atom is -0.468 e. The van der Waals surface area contributed by atoms with E-state index < -0.39 is 12.0 Å². The van der Waals surface area contributed by atoms with E-state index in [2.05, 4.69) is 4.74 Å². The molecule has 16 heavy (non-hydrogen) atoms. The van der Waals surface area contributed by atoms with Crippen LogP contribution >= 0.6 is 23.4 Å². The molecular formula is C11H14ClNO2S. The molecule has 2 N–H and O–H groups in total. The fourth-order valence-corrected chi connectivity index (χ4v) is 1.97. The number of methoxy groups -OCH3 is 1. The molecule has 0 aliphatic heterocycles. The van der Waals surface area contributed by atoms with Gasteiger partial charge in [0.05, 0.1) is 7.11 Å². The topological polar surface area (TPSA) is 52.3 Å². The molecule has 88 valence electrons. The molecule has 0 aliphatic rings. The molecule has 1 atom stereocenters. The van der Waals surface area contributed by atoms with Crippen molar-refractivity contribution in [3.63, 3.8) is 0 Å². The van der Waals surface area contributed by atoms with Crippen LogP contribution in [0.2, 0.25) is 5.02 Å². The third kappa shape index (κ3) is 3.40. The molecule has 0 amide bonds. The Hall–Kier alpha value is -0.710. The molecule has 5 heteroatoms. The van der Waals surface area contributed by atoms with Crippen LogP contribution in [0.4, 0.5) is 0 Å². The van der Waals surface area contributed by atoms with Crippen LogP contribution in [-0.2, 0) is 16.0 Å². The van der Waals surface area contributed by atoms with Gasteiger partial charge in [-0.3, -0.25) is 4.79 Å². The zero-order valence-electron chi connectivity index (χ0n) is 9.20. The normalized spacial score (nSPS) is 12.2. The number of benzene rings is 1. The van der Waals surface area contributed by atoms with E-state index in [0.717, 1.165) is 10.5 Å².